The Kier molecular flexibility index (Phi) is 4.77. The minimum Gasteiger partial charge on any atom is -0.504 e. The number of hydrogen-bond acceptors (Lipinski definition) is 5. The maximum absolute atomic E-state index is 10.9. The van der Waals surface area contributed by atoms with Crippen molar-refractivity contribution in [2.75, 3.05) is 14.2 Å². The van der Waals surface area contributed by atoms with Crippen molar-refractivity contribution in [3.63, 3.8) is 0 Å². The van der Waals surface area contributed by atoms with Gasteiger partial charge in [-0.15, -0.1) is 0 Å². The quantitative estimate of drug-likeness (QED) is 0.610. The molecular formula is C18H16INO4. The van der Waals surface area contributed by atoms with Crippen LogP contribution in [0.3, 0.4) is 0 Å². The molecule has 1 unspecified atom stereocenters. The first-order valence-electron chi connectivity index (χ1n) is 7.22. The minimum atomic E-state index is -0.941. The van der Waals surface area contributed by atoms with Gasteiger partial charge >= 0.3 is 0 Å². The summed E-state index contributed by atoms with van der Waals surface area (Å²) in [6.07, 6.45) is 0.688. The lowest BCUT2D eigenvalue weighted by molar-refractivity contribution is 0.215. The molecule has 0 saturated carbocycles. The lowest BCUT2D eigenvalue weighted by Crippen LogP contribution is -2.05. The van der Waals surface area contributed by atoms with E-state index in [0.29, 0.717) is 28.1 Å². The monoisotopic (exact) mass is 437 g/mol. The molecule has 0 aliphatic heterocycles. The first-order valence-corrected chi connectivity index (χ1v) is 8.30. The number of aromatic nitrogens is 1. The Hall–Kier alpha value is -2.06. The topological polar surface area (TPSA) is 71.8 Å². The van der Waals surface area contributed by atoms with Gasteiger partial charge in [0.25, 0.3) is 0 Å². The second kappa shape index (κ2) is 6.82. The van der Waals surface area contributed by atoms with Crippen molar-refractivity contribution in [2.24, 2.45) is 0 Å². The van der Waals surface area contributed by atoms with E-state index in [9.17, 15) is 10.2 Å². The molecule has 124 valence electrons. The molecule has 3 aromatic rings. The lowest BCUT2D eigenvalue weighted by Gasteiger charge is -2.16. The average Bonchev–Trinajstić information content (AvgIpc) is 2.60. The number of phenols is 1. The van der Waals surface area contributed by atoms with E-state index in [1.54, 1.807) is 31.5 Å². The van der Waals surface area contributed by atoms with E-state index in [1.165, 1.54) is 7.11 Å². The molecule has 2 aromatic carbocycles. The van der Waals surface area contributed by atoms with E-state index in [0.717, 1.165) is 8.96 Å². The van der Waals surface area contributed by atoms with Crippen LogP contribution in [0, 0.1) is 3.57 Å². The lowest BCUT2D eigenvalue weighted by atomic mass is 10.0. The number of rotatable bonds is 4. The molecule has 1 aromatic heterocycles. The molecule has 0 saturated heterocycles. The first-order chi connectivity index (χ1) is 11.5. The fraction of sp³-hybridized carbons (Fsp3) is 0.167. The Bertz CT molecular complexity index is 898. The Morgan fingerprint density at radius 2 is 1.88 bits per heavy atom. The summed E-state index contributed by atoms with van der Waals surface area (Å²) in [7, 11) is 3.08. The van der Waals surface area contributed by atoms with Crippen LogP contribution in [0.1, 0.15) is 17.4 Å². The van der Waals surface area contributed by atoms with Crippen LogP contribution in [0.5, 0.6) is 17.2 Å². The van der Waals surface area contributed by atoms with E-state index >= 15 is 0 Å². The number of aromatic hydroxyl groups is 1. The minimum absolute atomic E-state index is 0.00629. The number of fused-ring (bicyclic) bond motifs is 1. The van der Waals surface area contributed by atoms with Crippen molar-refractivity contribution in [1.29, 1.82) is 0 Å². The Morgan fingerprint density at radius 3 is 2.58 bits per heavy atom. The standard InChI is InChI=1S/C18H16INO4/c1-23-11-3-4-14(19)13(8-11)18(22)17-12-9-15(21)16(24-2)7-10(12)5-6-20-17/h3-9,18,21-22H,1-2H3. The number of aliphatic hydroxyl groups is 1. The van der Waals surface area contributed by atoms with Crippen molar-refractivity contribution >= 4 is 33.4 Å². The van der Waals surface area contributed by atoms with Crippen molar-refractivity contribution in [3.8, 4) is 17.2 Å². The summed E-state index contributed by atoms with van der Waals surface area (Å²) >= 11 is 2.16. The molecule has 6 heteroatoms. The summed E-state index contributed by atoms with van der Waals surface area (Å²) in [6, 6.07) is 10.6. The number of ether oxygens (including phenoxy) is 2. The van der Waals surface area contributed by atoms with Crippen LogP contribution in [0.2, 0.25) is 0 Å². The molecule has 0 bridgehead atoms. The number of phenolic OH excluding ortho intramolecular Hbond substituents is 1. The molecule has 0 amide bonds. The van der Waals surface area contributed by atoms with E-state index < -0.39 is 6.10 Å². The van der Waals surface area contributed by atoms with Gasteiger partial charge in [0.15, 0.2) is 11.5 Å². The van der Waals surface area contributed by atoms with Gasteiger partial charge in [0, 0.05) is 20.7 Å². The fourth-order valence-corrected chi connectivity index (χ4v) is 3.23. The molecular weight excluding hydrogens is 421 g/mol. The molecule has 1 atom stereocenters. The van der Waals surface area contributed by atoms with E-state index in [4.69, 9.17) is 9.47 Å². The smallest absolute Gasteiger partial charge is 0.161 e. The van der Waals surface area contributed by atoms with Crippen LogP contribution >= 0.6 is 22.6 Å². The zero-order chi connectivity index (χ0) is 17.3. The van der Waals surface area contributed by atoms with Crippen LogP contribution in [-0.2, 0) is 0 Å². The highest BCUT2D eigenvalue weighted by atomic mass is 127. The predicted molar refractivity (Wildman–Crippen MR) is 99.7 cm³/mol. The van der Waals surface area contributed by atoms with Gasteiger partial charge in [-0.25, -0.2) is 0 Å². The highest BCUT2D eigenvalue weighted by Crippen LogP contribution is 2.36. The third-order valence-corrected chi connectivity index (χ3v) is 4.83. The molecule has 5 nitrogen and oxygen atoms in total. The van der Waals surface area contributed by atoms with Gasteiger partial charge in [-0.1, -0.05) is 0 Å². The highest BCUT2D eigenvalue weighted by molar-refractivity contribution is 14.1. The summed E-state index contributed by atoms with van der Waals surface area (Å²) in [5, 5.41) is 22.4. The third-order valence-electron chi connectivity index (χ3n) is 3.85. The third kappa shape index (κ3) is 2.99. The fourth-order valence-electron chi connectivity index (χ4n) is 2.60. The van der Waals surface area contributed by atoms with Gasteiger partial charge < -0.3 is 19.7 Å². The van der Waals surface area contributed by atoms with E-state index in [1.807, 2.05) is 18.2 Å². The van der Waals surface area contributed by atoms with Crippen molar-refractivity contribution < 1.29 is 19.7 Å². The highest BCUT2D eigenvalue weighted by Gasteiger charge is 2.19. The number of halogens is 1. The largest absolute Gasteiger partial charge is 0.504 e. The Morgan fingerprint density at radius 1 is 1.08 bits per heavy atom. The molecule has 3 rings (SSSR count). The number of pyridine rings is 1. The van der Waals surface area contributed by atoms with Gasteiger partial charge in [0.05, 0.1) is 19.9 Å². The molecule has 2 N–H and O–H groups in total. The summed E-state index contributed by atoms with van der Waals surface area (Å²) in [4.78, 5) is 4.33. The van der Waals surface area contributed by atoms with Crippen molar-refractivity contribution in [2.45, 2.75) is 6.10 Å². The summed E-state index contributed by atoms with van der Waals surface area (Å²) < 4.78 is 11.3. The molecule has 0 fully saturated rings. The van der Waals surface area contributed by atoms with Crippen LogP contribution in [0.4, 0.5) is 0 Å². The summed E-state index contributed by atoms with van der Waals surface area (Å²) in [5.41, 5.74) is 1.17. The zero-order valence-electron chi connectivity index (χ0n) is 13.2. The van der Waals surface area contributed by atoms with Crippen LogP contribution in [-0.4, -0.2) is 29.4 Å². The molecule has 0 spiro atoms. The molecule has 1 heterocycles. The molecule has 0 aliphatic carbocycles. The van der Waals surface area contributed by atoms with Gasteiger partial charge in [-0.05, 0) is 64.4 Å². The first kappa shape index (κ1) is 16.8. The van der Waals surface area contributed by atoms with Crippen molar-refractivity contribution in [3.05, 3.63) is 57.4 Å². The van der Waals surface area contributed by atoms with Gasteiger partial charge in [-0.3, -0.25) is 4.98 Å². The number of benzene rings is 2. The van der Waals surface area contributed by atoms with Crippen LogP contribution in [0.25, 0.3) is 10.8 Å². The number of hydrogen-bond donors (Lipinski definition) is 2. The summed E-state index contributed by atoms with van der Waals surface area (Å²) in [6.45, 7) is 0. The number of methoxy groups -OCH3 is 2. The summed E-state index contributed by atoms with van der Waals surface area (Å²) in [5.74, 6) is 1.05. The second-order valence-electron chi connectivity index (χ2n) is 5.23. The van der Waals surface area contributed by atoms with Crippen LogP contribution < -0.4 is 9.47 Å². The van der Waals surface area contributed by atoms with E-state index in [2.05, 4.69) is 27.6 Å². The predicted octanol–water partition coefficient (Wildman–Crippen LogP) is 3.64. The average molecular weight is 437 g/mol. The van der Waals surface area contributed by atoms with Gasteiger partial charge in [0.1, 0.15) is 11.9 Å². The normalized spacial score (nSPS) is 12.2. The van der Waals surface area contributed by atoms with Crippen LogP contribution in [0.15, 0.2) is 42.6 Å². The Balaban J connectivity index is 2.17. The maximum atomic E-state index is 10.9. The molecule has 24 heavy (non-hydrogen) atoms. The maximum Gasteiger partial charge on any atom is 0.161 e. The zero-order valence-corrected chi connectivity index (χ0v) is 15.3. The molecule has 0 radical (unpaired) electrons. The number of nitrogens with zero attached hydrogens (tertiary/aromatic N) is 1. The Labute approximate surface area is 153 Å². The SMILES string of the molecule is COc1ccc(I)c(C(O)c2nccc3cc(OC)c(O)cc23)c1. The van der Waals surface area contributed by atoms with Gasteiger partial charge in [-0.2, -0.15) is 0 Å². The van der Waals surface area contributed by atoms with Crippen molar-refractivity contribution in [1.82, 2.24) is 4.98 Å². The molecule has 0 aliphatic rings. The second-order valence-corrected chi connectivity index (χ2v) is 6.39. The van der Waals surface area contributed by atoms with E-state index in [-0.39, 0.29) is 5.75 Å². The number of aliphatic hydroxyl groups excluding tert-OH is 1. The van der Waals surface area contributed by atoms with Gasteiger partial charge in [0.2, 0.25) is 0 Å².